The molecule has 2 rings (SSSR count). The number of anilines is 2. The van der Waals surface area contributed by atoms with Crippen molar-refractivity contribution in [3.63, 3.8) is 0 Å². The van der Waals surface area contributed by atoms with E-state index in [1.54, 1.807) is 0 Å². The molecule has 2 aromatic rings. The number of hydrogen-bond acceptors (Lipinski definition) is 5. The normalized spacial score (nSPS) is 11.4. The molecule has 0 bridgehead atoms. The van der Waals surface area contributed by atoms with Gasteiger partial charge in [-0.2, -0.15) is 13.2 Å². The topological polar surface area (TPSA) is 94.0 Å². The van der Waals surface area contributed by atoms with Crippen LogP contribution in [0, 0.1) is 0 Å². The fourth-order valence-corrected chi connectivity index (χ4v) is 1.76. The van der Waals surface area contributed by atoms with Gasteiger partial charge in [0, 0.05) is 4.47 Å². The van der Waals surface area contributed by atoms with Gasteiger partial charge in [0.25, 0.3) is 5.91 Å². The minimum absolute atomic E-state index is 0.227. The third-order valence-electron chi connectivity index (χ3n) is 2.26. The Balaban J connectivity index is 2.35. The molecule has 0 aliphatic heterocycles. The Labute approximate surface area is 118 Å². The highest BCUT2D eigenvalue weighted by molar-refractivity contribution is 9.10. The molecule has 0 unspecified atom stereocenters. The molecular weight excluding hydrogens is 345 g/mol. The van der Waals surface area contributed by atoms with E-state index < -0.39 is 23.3 Å². The molecule has 10 heteroatoms. The SMILES string of the molecule is Nc1nonc1C(=O)Nc1ccc(Br)cc1C(F)(F)F. The first-order valence-corrected chi connectivity index (χ1v) is 5.84. The fraction of sp³-hybridized carbons (Fsp3) is 0.100. The second-order valence-electron chi connectivity index (χ2n) is 3.64. The monoisotopic (exact) mass is 350 g/mol. The Hall–Kier alpha value is -2.10. The predicted molar refractivity (Wildman–Crippen MR) is 65.8 cm³/mol. The van der Waals surface area contributed by atoms with Crippen molar-refractivity contribution in [2.24, 2.45) is 0 Å². The highest BCUT2D eigenvalue weighted by Gasteiger charge is 2.34. The third kappa shape index (κ3) is 2.90. The van der Waals surface area contributed by atoms with Crippen LogP contribution in [0.4, 0.5) is 24.7 Å². The Bertz CT molecular complexity index is 656. The molecule has 0 fully saturated rings. The maximum Gasteiger partial charge on any atom is 0.418 e. The number of hydrogen-bond donors (Lipinski definition) is 2. The number of nitrogen functional groups attached to an aromatic ring is 1. The lowest BCUT2D eigenvalue weighted by Gasteiger charge is -2.13. The van der Waals surface area contributed by atoms with Gasteiger partial charge >= 0.3 is 6.18 Å². The van der Waals surface area contributed by atoms with Crippen molar-refractivity contribution in [1.29, 1.82) is 0 Å². The van der Waals surface area contributed by atoms with Crippen LogP contribution in [-0.2, 0) is 6.18 Å². The van der Waals surface area contributed by atoms with Gasteiger partial charge in [-0.3, -0.25) is 4.79 Å². The highest BCUT2D eigenvalue weighted by atomic mass is 79.9. The molecule has 0 radical (unpaired) electrons. The molecule has 1 aromatic carbocycles. The number of carbonyl (C=O) groups excluding carboxylic acids is 1. The lowest BCUT2D eigenvalue weighted by atomic mass is 10.1. The predicted octanol–water partition coefficient (Wildman–Crippen LogP) is 2.69. The maximum atomic E-state index is 12.9. The van der Waals surface area contributed by atoms with Crippen molar-refractivity contribution in [3.8, 4) is 0 Å². The first kappa shape index (κ1) is 14.3. The largest absolute Gasteiger partial charge is 0.418 e. The molecule has 1 aromatic heterocycles. The van der Waals surface area contributed by atoms with E-state index in [1.807, 2.05) is 0 Å². The van der Waals surface area contributed by atoms with Crippen LogP contribution in [0.5, 0.6) is 0 Å². The molecule has 106 valence electrons. The Morgan fingerprint density at radius 3 is 2.60 bits per heavy atom. The molecular formula is C10H6BrF3N4O2. The van der Waals surface area contributed by atoms with Gasteiger partial charge in [-0.1, -0.05) is 15.9 Å². The van der Waals surface area contributed by atoms with Crippen molar-refractivity contribution in [3.05, 3.63) is 33.9 Å². The molecule has 0 atom stereocenters. The summed E-state index contributed by atoms with van der Waals surface area (Å²) in [6.07, 6.45) is -4.62. The Morgan fingerprint density at radius 1 is 1.35 bits per heavy atom. The van der Waals surface area contributed by atoms with Crippen LogP contribution in [0.25, 0.3) is 0 Å². The van der Waals surface area contributed by atoms with Crippen molar-refractivity contribution in [2.75, 3.05) is 11.1 Å². The minimum Gasteiger partial charge on any atom is -0.379 e. The number of amides is 1. The number of nitrogens with two attached hydrogens (primary N) is 1. The van der Waals surface area contributed by atoms with E-state index in [0.29, 0.717) is 0 Å². The fourth-order valence-electron chi connectivity index (χ4n) is 1.39. The number of carbonyl (C=O) groups is 1. The zero-order valence-electron chi connectivity index (χ0n) is 9.53. The van der Waals surface area contributed by atoms with Crippen LogP contribution < -0.4 is 11.1 Å². The number of rotatable bonds is 2. The summed E-state index contributed by atoms with van der Waals surface area (Å²) in [4.78, 5) is 11.7. The zero-order valence-corrected chi connectivity index (χ0v) is 11.1. The van der Waals surface area contributed by atoms with Crippen molar-refractivity contribution < 1.29 is 22.6 Å². The molecule has 1 amide bonds. The quantitative estimate of drug-likeness (QED) is 0.868. The highest BCUT2D eigenvalue weighted by Crippen LogP contribution is 2.36. The average molecular weight is 351 g/mol. The smallest absolute Gasteiger partial charge is 0.379 e. The summed E-state index contributed by atoms with van der Waals surface area (Å²) in [6, 6.07) is 3.31. The zero-order chi connectivity index (χ0) is 14.9. The summed E-state index contributed by atoms with van der Waals surface area (Å²) in [5, 5.41) is 8.44. The van der Waals surface area contributed by atoms with E-state index in [-0.39, 0.29) is 16.0 Å². The van der Waals surface area contributed by atoms with Gasteiger partial charge in [0.1, 0.15) is 0 Å². The van der Waals surface area contributed by atoms with E-state index in [9.17, 15) is 18.0 Å². The summed E-state index contributed by atoms with van der Waals surface area (Å²) in [7, 11) is 0. The van der Waals surface area contributed by atoms with Crippen LogP contribution in [-0.4, -0.2) is 16.2 Å². The van der Waals surface area contributed by atoms with E-state index >= 15 is 0 Å². The number of benzene rings is 1. The number of aromatic nitrogens is 2. The van der Waals surface area contributed by atoms with Crippen LogP contribution >= 0.6 is 15.9 Å². The summed E-state index contributed by atoms with van der Waals surface area (Å²) >= 11 is 2.94. The van der Waals surface area contributed by atoms with E-state index in [1.165, 1.54) is 6.07 Å². The van der Waals surface area contributed by atoms with E-state index in [0.717, 1.165) is 12.1 Å². The van der Waals surface area contributed by atoms with Gasteiger partial charge in [0.2, 0.25) is 11.5 Å². The van der Waals surface area contributed by atoms with E-state index in [4.69, 9.17) is 5.73 Å². The number of nitrogens with zero attached hydrogens (tertiary/aromatic N) is 2. The van der Waals surface area contributed by atoms with Gasteiger partial charge in [-0.05, 0) is 28.5 Å². The maximum absolute atomic E-state index is 12.9. The van der Waals surface area contributed by atoms with Crippen LogP contribution in [0.2, 0.25) is 0 Å². The first-order chi connectivity index (χ1) is 9.29. The molecule has 0 saturated heterocycles. The molecule has 0 spiro atoms. The van der Waals surface area contributed by atoms with Crippen LogP contribution in [0.3, 0.4) is 0 Å². The van der Waals surface area contributed by atoms with E-state index in [2.05, 4.69) is 36.2 Å². The second-order valence-corrected chi connectivity index (χ2v) is 4.56. The van der Waals surface area contributed by atoms with Gasteiger partial charge in [-0.15, -0.1) is 0 Å². The Morgan fingerprint density at radius 2 is 2.05 bits per heavy atom. The van der Waals surface area contributed by atoms with Gasteiger partial charge in [0.15, 0.2) is 0 Å². The summed E-state index contributed by atoms with van der Waals surface area (Å²) < 4.78 is 43.0. The van der Waals surface area contributed by atoms with Crippen molar-refractivity contribution in [1.82, 2.24) is 10.3 Å². The minimum atomic E-state index is -4.62. The molecule has 1 heterocycles. The third-order valence-corrected chi connectivity index (χ3v) is 2.76. The molecule has 0 aliphatic carbocycles. The molecule has 6 nitrogen and oxygen atoms in total. The van der Waals surface area contributed by atoms with Crippen LogP contribution in [0.15, 0.2) is 27.3 Å². The molecule has 0 saturated carbocycles. The second kappa shape index (κ2) is 5.12. The standard InChI is InChI=1S/C10H6BrF3N4O2/c11-4-1-2-6(5(3-4)10(12,13)14)16-9(19)7-8(15)18-20-17-7/h1-3H,(H2,15,18)(H,16,19). The molecule has 20 heavy (non-hydrogen) atoms. The number of nitrogens with one attached hydrogen (secondary N) is 1. The summed E-state index contributed by atoms with van der Waals surface area (Å²) in [5.41, 5.74) is 3.47. The number of halogens is 4. The number of alkyl halides is 3. The molecule has 0 aliphatic rings. The van der Waals surface area contributed by atoms with Gasteiger partial charge in [-0.25, -0.2) is 4.63 Å². The lowest BCUT2D eigenvalue weighted by Crippen LogP contribution is -2.18. The Kier molecular flexibility index (Phi) is 3.66. The first-order valence-electron chi connectivity index (χ1n) is 5.05. The molecule has 3 N–H and O–H groups in total. The van der Waals surface area contributed by atoms with Crippen LogP contribution in [0.1, 0.15) is 16.1 Å². The lowest BCUT2D eigenvalue weighted by molar-refractivity contribution is -0.136. The van der Waals surface area contributed by atoms with Crippen molar-refractivity contribution >= 4 is 33.3 Å². The summed E-state index contributed by atoms with van der Waals surface area (Å²) in [6.45, 7) is 0. The van der Waals surface area contributed by atoms with Crippen molar-refractivity contribution in [2.45, 2.75) is 6.18 Å². The average Bonchev–Trinajstić information content (AvgIpc) is 2.76. The van der Waals surface area contributed by atoms with Gasteiger partial charge < -0.3 is 11.1 Å². The summed E-state index contributed by atoms with van der Waals surface area (Å²) in [5.74, 6) is -1.26. The van der Waals surface area contributed by atoms with Gasteiger partial charge in [0.05, 0.1) is 11.3 Å².